The van der Waals surface area contributed by atoms with E-state index in [9.17, 15) is 5.11 Å². The van der Waals surface area contributed by atoms with Crippen LogP contribution >= 0.6 is 0 Å². The Labute approximate surface area is 142 Å². The molecule has 1 saturated carbocycles. The van der Waals surface area contributed by atoms with E-state index < -0.39 is 11.4 Å². The van der Waals surface area contributed by atoms with Crippen LogP contribution in [-0.2, 0) is 18.9 Å². The van der Waals surface area contributed by atoms with E-state index in [0.29, 0.717) is 12.5 Å². The van der Waals surface area contributed by atoms with Crippen LogP contribution in [0.4, 0.5) is 0 Å². The van der Waals surface area contributed by atoms with Gasteiger partial charge in [0.15, 0.2) is 12.6 Å². The van der Waals surface area contributed by atoms with Gasteiger partial charge in [0.05, 0.1) is 11.7 Å². The molecule has 5 rings (SSSR count). The minimum Gasteiger partial charge on any atom is -0.388 e. The first kappa shape index (κ1) is 15.7. The molecule has 24 heavy (non-hydrogen) atoms. The minimum absolute atomic E-state index is 0.0828. The van der Waals surface area contributed by atoms with E-state index in [-0.39, 0.29) is 30.3 Å². The van der Waals surface area contributed by atoms with Gasteiger partial charge in [0.25, 0.3) is 0 Å². The van der Waals surface area contributed by atoms with Crippen LogP contribution in [0, 0.1) is 11.3 Å². The van der Waals surface area contributed by atoms with E-state index in [4.69, 9.17) is 18.9 Å². The van der Waals surface area contributed by atoms with Crippen LogP contribution in [0.1, 0.15) is 25.7 Å². The lowest BCUT2D eigenvalue weighted by Crippen LogP contribution is -2.71. The van der Waals surface area contributed by atoms with E-state index in [0.717, 1.165) is 32.4 Å². The lowest BCUT2D eigenvalue weighted by Gasteiger charge is -2.62. The van der Waals surface area contributed by atoms with Gasteiger partial charge in [-0.1, -0.05) is 12.2 Å². The van der Waals surface area contributed by atoms with Crippen molar-refractivity contribution in [1.82, 2.24) is 4.90 Å². The lowest BCUT2D eigenvalue weighted by atomic mass is 9.52. The monoisotopic (exact) mass is 337 g/mol. The second-order valence-electron chi connectivity index (χ2n) is 8.14. The van der Waals surface area contributed by atoms with Crippen LogP contribution in [0.15, 0.2) is 12.2 Å². The van der Waals surface area contributed by atoms with Crippen molar-refractivity contribution in [2.75, 3.05) is 34.1 Å². The number of ether oxygens (including phenoxy) is 4. The molecule has 4 unspecified atom stereocenters. The Bertz CT molecular complexity index is 570. The second kappa shape index (κ2) is 5.02. The van der Waals surface area contributed by atoms with Crippen LogP contribution < -0.4 is 0 Å². The molecule has 6 heteroatoms. The number of methoxy groups -OCH3 is 2. The van der Waals surface area contributed by atoms with Crippen molar-refractivity contribution in [3.63, 3.8) is 0 Å². The van der Waals surface area contributed by atoms with Crippen molar-refractivity contribution in [2.45, 2.75) is 55.3 Å². The molecule has 5 aliphatic rings. The number of nitrogens with zero attached hydrogens (tertiary/aromatic N) is 1. The molecule has 0 radical (unpaired) electrons. The highest BCUT2D eigenvalue weighted by Gasteiger charge is 2.71. The predicted octanol–water partition coefficient (Wildman–Crippen LogP) is 0.892. The molecule has 0 amide bonds. The third-order valence-corrected chi connectivity index (χ3v) is 7.57. The van der Waals surface area contributed by atoms with Crippen molar-refractivity contribution in [3.8, 4) is 0 Å². The van der Waals surface area contributed by atoms with E-state index >= 15 is 0 Å². The first-order valence-electron chi connectivity index (χ1n) is 9.06. The number of aliphatic hydroxyl groups is 1. The van der Waals surface area contributed by atoms with Crippen molar-refractivity contribution in [2.24, 2.45) is 11.3 Å². The third-order valence-electron chi connectivity index (χ3n) is 7.57. The van der Waals surface area contributed by atoms with Crippen LogP contribution in [0.5, 0.6) is 0 Å². The molecule has 0 aromatic carbocycles. The number of hydrogen-bond donors (Lipinski definition) is 1. The molecule has 0 aromatic rings. The molecule has 134 valence electrons. The Hall–Kier alpha value is -0.500. The largest absolute Gasteiger partial charge is 0.388 e. The lowest BCUT2D eigenvalue weighted by molar-refractivity contribution is -0.290. The molecule has 0 spiro atoms. The van der Waals surface area contributed by atoms with Crippen LogP contribution in [0.2, 0.25) is 0 Å². The quantitative estimate of drug-likeness (QED) is 0.756. The van der Waals surface area contributed by atoms with Crippen molar-refractivity contribution in [3.05, 3.63) is 12.2 Å². The number of fused-ring (bicyclic) bond motifs is 2. The number of hydrogen-bond acceptors (Lipinski definition) is 6. The smallest absolute Gasteiger partial charge is 0.199 e. The maximum atomic E-state index is 12.0. The molecule has 8 atom stereocenters. The molecule has 2 aliphatic carbocycles. The summed E-state index contributed by atoms with van der Waals surface area (Å²) in [6.45, 7) is 2.21. The summed E-state index contributed by atoms with van der Waals surface area (Å²) in [5.41, 5.74) is -1.05. The fourth-order valence-corrected chi connectivity index (χ4v) is 6.29. The molecule has 0 aromatic heterocycles. The second-order valence-corrected chi connectivity index (χ2v) is 8.14. The van der Waals surface area contributed by atoms with Crippen LogP contribution in [-0.4, -0.2) is 73.7 Å². The van der Waals surface area contributed by atoms with Gasteiger partial charge < -0.3 is 24.1 Å². The fourth-order valence-electron chi connectivity index (χ4n) is 6.29. The van der Waals surface area contributed by atoms with Crippen LogP contribution in [0.3, 0.4) is 0 Å². The zero-order valence-electron chi connectivity index (χ0n) is 14.4. The molecule has 4 fully saturated rings. The van der Waals surface area contributed by atoms with Crippen molar-refractivity contribution in [1.29, 1.82) is 0 Å². The number of piperidine rings is 1. The first-order chi connectivity index (χ1) is 11.6. The molecular weight excluding hydrogens is 310 g/mol. The molecule has 2 bridgehead atoms. The van der Waals surface area contributed by atoms with Gasteiger partial charge in [-0.2, -0.15) is 0 Å². The predicted molar refractivity (Wildman–Crippen MR) is 85.2 cm³/mol. The summed E-state index contributed by atoms with van der Waals surface area (Å²) in [4.78, 5) is 2.56. The first-order valence-corrected chi connectivity index (χ1v) is 9.06. The van der Waals surface area contributed by atoms with Gasteiger partial charge in [0.2, 0.25) is 0 Å². The Balaban J connectivity index is 1.58. The summed E-state index contributed by atoms with van der Waals surface area (Å²) < 4.78 is 23.0. The van der Waals surface area contributed by atoms with E-state index in [1.807, 2.05) is 0 Å². The highest BCUT2D eigenvalue weighted by Crippen LogP contribution is 2.63. The average Bonchev–Trinajstić information content (AvgIpc) is 3.14. The van der Waals surface area contributed by atoms with Crippen LogP contribution in [0.25, 0.3) is 0 Å². The summed E-state index contributed by atoms with van der Waals surface area (Å²) in [5.74, 6) is -0.615. The summed E-state index contributed by atoms with van der Waals surface area (Å²) in [7, 11) is 3.43. The van der Waals surface area contributed by atoms with Gasteiger partial charge in [-0.05, 0) is 25.8 Å². The van der Waals surface area contributed by atoms with Crippen molar-refractivity contribution < 1.29 is 24.1 Å². The van der Waals surface area contributed by atoms with Gasteiger partial charge in [0, 0.05) is 44.6 Å². The van der Waals surface area contributed by atoms with Gasteiger partial charge in [-0.15, -0.1) is 0 Å². The Morgan fingerprint density at radius 1 is 1.29 bits per heavy atom. The Morgan fingerprint density at radius 3 is 2.96 bits per heavy atom. The third kappa shape index (κ3) is 1.72. The molecule has 3 heterocycles. The maximum absolute atomic E-state index is 12.0. The number of rotatable bonds is 2. The van der Waals surface area contributed by atoms with Gasteiger partial charge in [-0.3, -0.25) is 4.90 Å². The summed E-state index contributed by atoms with van der Waals surface area (Å²) in [6.07, 6.45) is 7.67. The van der Waals surface area contributed by atoms with E-state index in [2.05, 4.69) is 17.1 Å². The van der Waals surface area contributed by atoms with E-state index in [1.165, 1.54) is 0 Å². The zero-order valence-corrected chi connectivity index (χ0v) is 14.4. The SMILES string of the molecule is CO[C@H]1C=C[C@@]23CCN(CC4CC5OCOC5(OC)C[C@]42O)[C@@H]3C1. The molecular formula is C18H27NO5. The molecule has 1 N–H and O–H groups in total. The Kier molecular flexibility index (Phi) is 3.29. The van der Waals surface area contributed by atoms with Crippen molar-refractivity contribution >= 4 is 0 Å². The normalized spacial score (nSPS) is 58.2. The van der Waals surface area contributed by atoms with E-state index in [1.54, 1.807) is 14.2 Å². The van der Waals surface area contributed by atoms with Gasteiger partial charge in [-0.25, -0.2) is 0 Å². The highest BCUT2D eigenvalue weighted by atomic mass is 16.8. The standard InChI is InChI=1S/C18H27NO5/c1-21-13-3-4-16-5-6-19(14(16)8-13)9-12-7-15-18(22-2,24-11-23-15)10-17(12,16)20/h3-4,12-15,20H,5-11H2,1-2H3/t12?,13-,14+,15?,16-,17-,18?/m0/s1. The summed E-state index contributed by atoms with van der Waals surface area (Å²) >= 11 is 0. The highest BCUT2D eigenvalue weighted by molar-refractivity contribution is 5.29. The summed E-state index contributed by atoms with van der Waals surface area (Å²) in [5, 5.41) is 12.0. The minimum atomic E-state index is -0.819. The molecule has 6 nitrogen and oxygen atoms in total. The molecule has 3 saturated heterocycles. The Morgan fingerprint density at radius 2 is 2.17 bits per heavy atom. The van der Waals surface area contributed by atoms with Gasteiger partial charge in [0.1, 0.15) is 6.10 Å². The molecule has 3 aliphatic heterocycles. The fraction of sp³-hybridized carbons (Fsp3) is 0.889. The average molecular weight is 337 g/mol. The summed E-state index contributed by atoms with van der Waals surface area (Å²) in [6, 6.07) is 0.335. The van der Waals surface area contributed by atoms with Gasteiger partial charge >= 0.3 is 0 Å². The zero-order chi connectivity index (χ0) is 16.6. The topological polar surface area (TPSA) is 60.4 Å². The maximum Gasteiger partial charge on any atom is 0.199 e.